The Morgan fingerprint density at radius 2 is 1.96 bits per heavy atom. The number of thiophene rings is 1. The van der Waals surface area contributed by atoms with Crippen molar-refractivity contribution in [2.75, 3.05) is 11.0 Å². The van der Waals surface area contributed by atoms with E-state index in [1.165, 1.54) is 6.07 Å². The summed E-state index contributed by atoms with van der Waals surface area (Å²) < 4.78 is 31.4. The van der Waals surface area contributed by atoms with E-state index in [1.807, 2.05) is 29.6 Å². The molecular formula is C17H15NO4S2. The molecule has 0 bridgehead atoms. The molecule has 5 nitrogen and oxygen atoms in total. The number of anilines is 1. The smallest absolute Gasteiger partial charge is 0.338 e. The van der Waals surface area contributed by atoms with E-state index in [2.05, 4.69) is 4.72 Å². The summed E-state index contributed by atoms with van der Waals surface area (Å²) >= 11 is 1.60. The minimum Gasteiger partial charge on any atom is -0.457 e. The third-order valence-corrected chi connectivity index (χ3v) is 4.94. The lowest BCUT2D eigenvalue weighted by atomic mass is 10.2. The van der Waals surface area contributed by atoms with Gasteiger partial charge in [0.1, 0.15) is 6.61 Å². The van der Waals surface area contributed by atoms with Gasteiger partial charge in [-0.05, 0) is 35.0 Å². The Morgan fingerprint density at radius 3 is 2.75 bits per heavy atom. The number of carbonyl (C=O) groups excluding carboxylic acids is 1. The van der Waals surface area contributed by atoms with Crippen LogP contribution >= 0.6 is 11.3 Å². The Labute approximate surface area is 143 Å². The van der Waals surface area contributed by atoms with Gasteiger partial charge in [0.05, 0.1) is 11.8 Å². The zero-order valence-electron chi connectivity index (χ0n) is 12.9. The van der Waals surface area contributed by atoms with Gasteiger partial charge in [-0.1, -0.05) is 24.3 Å². The normalized spacial score (nSPS) is 11.4. The Morgan fingerprint density at radius 1 is 1.17 bits per heavy atom. The maximum atomic E-state index is 12.2. The molecule has 124 valence electrons. The molecule has 0 saturated carbocycles. The summed E-state index contributed by atoms with van der Waals surface area (Å²) in [7, 11) is -3.39. The van der Waals surface area contributed by atoms with Crippen molar-refractivity contribution in [2.24, 2.45) is 0 Å². The third kappa shape index (κ3) is 3.93. The molecule has 0 amide bonds. The molecule has 0 aliphatic heterocycles. The second-order valence-corrected chi connectivity index (χ2v) is 7.95. The van der Waals surface area contributed by atoms with Gasteiger partial charge in [0.15, 0.2) is 0 Å². The van der Waals surface area contributed by atoms with E-state index in [9.17, 15) is 13.2 Å². The van der Waals surface area contributed by atoms with Gasteiger partial charge < -0.3 is 4.74 Å². The van der Waals surface area contributed by atoms with Crippen molar-refractivity contribution in [2.45, 2.75) is 6.61 Å². The van der Waals surface area contributed by atoms with Gasteiger partial charge >= 0.3 is 5.97 Å². The van der Waals surface area contributed by atoms with E-state index in [4.69, 9.17) is 4.74 Å². The molecule has 7 heteroatoms. The van der Waals surface area contributed by atoms with Gasteiger partial charge in [-0.3, -0.25) is 4.72 Å². The number of nitrogens with one attached hydrogen (secondary N) is 1. The van der Waals surface area contributed by atoms with E-state index in [0.717, 1.165) is 21.9 Å². The van der Waals surface area contributed by atoms with Crippen LogP contribution in [-0.4, -0.2) is 20.6 Å². The van der Waals surface area contributed by atoms with Gasteiger partial charge in [-0.25, -0.2) is 13.2 Å². The average molecular weight is 361 g/mol. The highest BCUT2D eigenvalue weighted by molar-refractivity contribution is 7.92. The van der Waals surface area contributed by atoms with Gasteiger partial charge in [-0.15, -0.1) is 11.3 Å². The SMILES string of the molecule is CS(=O)(=O)Nc1cccc(C(=O)OCc2csc3ccccc23)c1. The number of sulfonamides is 1. The molecule has 0 spiro atoms. The van der Waals surface area contributed by atoms with Crippen LogP contribution in [0.1, 0.15) is 15.9 Å². The number of hydrogen-bond donors (Lipinski definition) is 1. The van der Waals surface area contributed by atoms with Gasteiger partial charge in [0, 0.05) is 16.0 Å². The monoisotopic (exact) mass is 361 g/mol. The van der Waals surface area contributed by atoms with Crippen LogP contribution in [0.5, 0.6) is 0 Å². The molecule has 3 aromatic rings. The van der Waals surface area contributed by atoms with Crippen LogP contribution in [0.2, 0.25) is 0 Å². The molecule has 0 saturated heterocycles. The van der Waals surface area contributed by atoms with Crippen LogP contribution in [0.25, 0.3) is 10.1 Å². The summed E-state index contributed by atoms with van der Waals surface area (Å²) in [6.07, 6.45) is 1.06. The molecule has 0 unspecified atom stereocenters. The van der Waals surface area contributed by atoms with E-state index < -0.39 is 16.0 Å². The van der Waals surface area contributed by atoms with Crippen molar-refractivity contribution in [3.8, 4) is 0 Å². The lowest BCUT2D eigenvalue weighted by Gasteiger charge is -2.07. The van der Waals surface area contributed by atoms with Crippen LogP contribution in [0.3, 0.4) is 0 Å². The Bertz CT molecular complexity index is 993. The molecule has 0 aliphatic carbocycles. The molecule has 0 aliphatic rings. The van der Waals surface area contributed by atoms with Crippen LogP contribution < -0.4 is 4.72 Å². The highest BCUT2D eigenvalue weighted by Gasteiger charge is 2.11. The zero-order valence-corrected chi connectivity index (χ0v) is 14.5. The lowest BCUT2D eigenvalue weighted by Crippen LogP contribution is -2.11. The van der Waals surface area contributed by atoms with Crippen molar-refractivity contribution < 1.29 is 17.9 Å². The first-order chi connectivity index (χ1) is 11.4. The molecule has 0 radical (unpaired) electrons. The van der Waals surface area contributed by atoms with Gasteiger partial charge in [-0.2, -0.15) is 0 Å². The highest BCUT2D eigenvalue weighted by Crippen LogP contribution is 2.26. The number of fused-ring (bicyclic) bond motifs is 1. The topological polar surface area (TPSA) is 72.5 Å². The third-order valence-electron chi connectivity index (χ3n) is 3.32. The lowest BCUT2D eigenvalue weighted by molar-refractivity contribution is 0.0475. The number of ether oxygens (including phenoxy) is 1. The maximum absolute atomic E-state index is 12.2. The summed E-state index contributed by atoms with van der Waals surface area (Å²) in [5, 5.41) is 3.04. The molecule has 0 fully saturated rings. The maximum Gasteiger partial charge on any atom is 0.338 e. The largest absolute Gasteiger partial charge is 0.457 e. The van der Waals surface area contributed by atoms with Crippen LogP contribution in [-0.2, 0) is 21.4 Å². The van der Waals surface area contributed by atoms with Crippen LogP contribution in [0.4, 0.5) is 5.69 Å². The summed E-state index contributed by atoms with van der Waals surface area (Å²) in [6.45, 7) is 0.173. The summed E-state index contributed by atoms with van der Waals surface area (Å²) in [4.78, 5) is 12.2. The first-order valence-electron chi connectivity index (χ1n) is 7.12. The minimum atomic E-state index is -3.39. The Balaban J connectivity index is 1.72. The Kier molecular flexibility index (Phi) is 4.55. The summed E-state index contributed by atoms with van der Waals surface area (Å²) in [5.74, 6) is -0.498. The summed E-state index contributed by atoms with van der Waals surface area (Å²) in [5.41, 5.74) is 1.57. The highest BCUT2D eigenvalue weighted by atomic mass is 32.2. The van der Waals surface area contributed by atoms with E-state index in [-0.39, 0.29) is 6.61 Å². The van der Waals surface area contributed by atoms with Gasteiger partial charge in [0.2, 0.25) is 10.0 Å². The quantitative estimate of drug-likeness (QED) is 0.705. The molecule has 1 aromatic heterocycles. The molecule has 3 rings (SSSR count). The van der Waals surface area contributed by atoms with Crippen molar-refractivity contribution in [1.29, 1.82) is 0 Å². The number of benzene rings is 2. The second-order valence-electron chi connectivity index (χ2n) is 5.29. The van der Waals surface area contributed by atoms with E-state index in [0.29, 0.717) is 11.3 Å². The average Bonchev–Trinajstić information content (AvgIpc) is 2.94. The Hall–Kier alpha value is -2.38. The van der Waals surface area contributed by atoms with Crippen molar-refractivity contribution in [3.05, 3.63) is 65.0 Å². The molecule has 0 atom stereocenters. The van der Waals surface area contributed by atoms with Crippen molar-refractivity contribution >= 4 is 43.1 Å². The predicted octanol–water partition coefficient (Wildman–Crippen LogP) is 3.63. The number of carbonyl (C=O) groups is 1. The fourth-order valence-electron chi connectivity index (χ4n) is 2.29. The minimum absolute atomic E-state index is 0.173. The van der Waals surface area contributed by atoms with E-state index >= 15 is 0 Å². The standard InChI is InChI=1S/C17H15NO4S2/c1-24(20,21)18-14-6-4-5-12(9-14)17(19)22-10-13-11-23-16-8-3-2-7-15(13)16/h2-9,11,18H,10H2,1H3. The van der Waals surface area contributed by atoms with Crippen molar-refractivity contribution in [3.63, 3.8) is 0 Å². The first kappa shape index (κ1) is 16.5. The fourth-order valence-corrected chi connectivity index (χ4v) is 3.80. The number of esters is 1. The fraction of sp³-hybridized carbons (Fsp3) is 0.118. The number of rotatable bonds is 5. The first-order valence-corrected chi connectivity index (χ1v) is 9.89. The summed E-state index contributed by atoms with van der Waals surface area (Å²) in [6, 6.07) is 14.1. The zero-order chi connectivity index (χ0) is 17.2. The van der Waals surface area contributed by atoms with E-state index in [1.54, 1.807) is 29.5 Å². The van der Waals surface area contributed by atoms with Crippen molar-refractivity contribution in [1.82, 2.24) is 0 Å². The molecule has 2 aromatic carbocycles. The van der Waals surface area contributed by atoms with Crippen LogP contribution in [0, 0.1) is 0 Å². The predicted molar refractivity (Wildman–Crippen MR) is 95.9 cm³/mol. The van der Waals surface area contributed by atoms with Crippen LogP contribution in [0.15, 0.2) is 53.9 Å². The number of hydrogen-bond acceptors (Lipinski definition) is 5. The second kappa shape index (κ2) is 6.62. The molecule has 1 N–H and O–H groups in total. The molecule has 24 heavy (non-hydrogen) atoms. The van der Waals surface area contributed by atoms with Gasteiger partial charge in [0.25, 0.3) is 0 Å². The molecule has 1 heterocycles. The molecular weight excluding hydrogens is 346 g/mol.